The van der Waals surface area contributed by atoms with E-state index in [1.54, 1.807) is 24.9 Å². The van der Waals surface area contributed by atoms with E-state index in [-0.39, 0.29) is 17.3 Å². The van der Waals surface area contributed by atoms with Gasteiger partial charge in [-0.05, 0) is 19.1 Å². The fraction of sp³-hybridized carbons (Fsp3) is 0.133. The van der Waals surface area contributed by atoms with Crippen molar-refractivity contribution in [2.24, 2.45) is 7.05 Å². The zero-order chi connectivity index (χ0) is 15.0. The van der Waals surface area contributed by atoms with Gasteiger partial charge in [-0.15, -0.1) is 0 Å². The van der Waals surface area contributed by atoms with Gasteiger partial charge in [0.25, 0.3) is 0 Å². The molecule has 6 nitrogen and oxygen atoms in total. The van der Waals surface area contributed by atoms with Crippen LogP contribution in [0.5, 0.6) is 0 Å². The maximum Gasteiger partial charge on any atom is 0.358 e. The lowest BCUT2D eigenvalue weighted by molar-refractivity contribution is 0.0691. The zero-order valence-electron chi connectivity index (χ0n) is 11.6. The number of nitrogens with zero attached hydrogens (tertiary/aromatic N) is 3. The Balaban J connectivity index is 2.18. The first-order valence-electron chi connectivity index (χ1n) is 6.36. The smallest absolute Gasteiger partial charge is 0.358 e. The Morgan fingerprint density at radius 3 is 2.57 bits per heavy atom. The molecule has 6 heteroatoms. The van der Waals surface area contributed by atoms with Crippen LogP contribution in [0, 0.1) is 6.92 Å². The molecule has 1 aromatic carbocycles. The largest absolute Gasteiger partial charge is 0.476 e. The first-order valence-corrected chi connectivity index (χ1v) is 6.36. The molecule has 0 unspecified atom stereocenters. The van der Waals surface area contributed by atoms with Crippen LogP contribution in [-0.2, 0) is 7.05 Å². The fourth-order valence-electron chi connectivity index (χ4n) is 2.17. The summed E-state index contributed by atoms with van der Waals surface area (Å²) in [7, 11) is 1.77. The summed E-state index contributed by atoms with van der Waals surface area (Å²) >= 11 is 0. The van der Waals surface area contributed by atoms with Gasteiger partial charge in [0.2, 0.25) is 5.89 Å². The summed E-state index contributed by atoms with van der Waals surface area (Å²) in [5.41, 5.74) is 1.94. The van der Waals surface area contributed by atoms with Crippen LogP contribution >= 0.6 is 0 Å². The van der Waals surface area contributed by atoms with E-state index in [1.165, 1.54) is 0 Å². The molecular weight excluding hydrogens is 270 g/mol. The van der Waals surface area contributed by atoms with Gasteiger partial charge in [-0.2, -0.15) is 5.10 Å². The number of aromatic nitrogens is 3. The first-order chi connectivity index (χ1) is 10.1. The number of carbonyl (C=O) groups is 1. The molecule has 0 amide bonds. The Bertz CT molecular complexity index is 803. The van der Waals surface area contributed by atoms with Gasteiger partial charge in [0.05, 0.1) is 11.3 Å². The summed E-state index contributed by atoms with van der Waals surface area (Å²) in [5, 5.41) is 13.5. The molecule has 106 valence electrons. The van der Waals surface area contributed by atoms with Crippen LogP contribution in [0.15, 0.2) is 40.9 Å². The number of oxazole rings is 1. The second kappa shape index (κ2) is 4.90. The van der Waals surface area contributed by atoms with Crippen molar-refractivity contribution in [2.75, 3.05) is 0 Å². The van der Waals surface area contributed by atoms with E-state index in [9.17, 15) is 9.90 Å². The van der Waals surface area contributed by atoms with Gasteiger partial charge < -0.3 is 9.52 Å². The van der Waals surface area contributed by atoms with Gasteiger partial charge in [0, 0.05) is 18.8 Å². The van der Waals surface area contributed by atoms with Crippen LogP contribution in [0.4, 0.5) is 0 Å². The highest BCUT2D eigenvalue weighted by Gasteiger charge is 2.24. The van der Waals surface area contributed by atoms with Crippen LogP contribution < -0.4 is 0 Å². The van der Waals surface area contributed by atoms with Crippen molar-refractivity contribution in [3.8, 4) is 22.8 Å². The lowest BCUT2D eigenvalue weighted by Gasteiger charge is -1.95. The molecule has 0 fully saturated rings. The summed E-state index contributed by atoms with van der Waals surface area (Å²) in [6.07, 6.45) is 1.72. The maximum absolute atomic E-state index is 11.4. The molecule has 1 N–H and O–H groups in total. The minimum Gasteiger partial charge on any atom is -0.476 e. The van der Waals surface area contributed by atoms with Gasteiger partial charge >= 0.3 is 5.97 Å². The van der Waals surface area contributed by atoms with Crippen LogP contribution in [0.25, 0.3) is 22.8 Å². The first kappa shape index (κ1) is 13.1. The lowest BCUT2D eigenvalue weighted by Crippen LogP contribution is -1.99. The van der Waals surface area contributed by atoms with E-state index in [2.05, 4.69) is 10.1 Å². The van der Waals surface area contributed by atoms with Crippen molar-refractivity contribution in [1.29, 1.82) is 0 Å². The number of hydrogen-bond donors (Lipinski definition) is 1. The number of carboxylic acid groups (broad SMARTS) is 1. The highest BCUT2D eigenvalue weighted by atomic mass is 16.4. The average molecular weight is 283 g/mol. The summed E-state index contributed by atoms with van der Waals surface area (Å²) in [6.45, 7) is 1.80. The molecule has 0 radical (unpaired) electrons. The van der Waals surface area contributed by atoms with Crippen molar-refractivity contribution in [1.82, 2.24) is 14.8 Å². The van der Waals surface area contributed by atoms with Crippen LogP contribution in [0.1, 0.15) is 16.2 Å². The van der Waals surface area contributed by atoms with Gasteiger partial charge in [-0.1, -0.05) is 18.2 Å². The predicted octanol–water partition coefficient (Wildman–Crippen LogP) is 2.75. The topological polar surface area (TPSA) is 81.2 Å². The summed E-state index contributed by atoms with van der Waals surface area (Å²) in [6, 6.07) is 9.19. The van der Waals surface area contributed by atoms with E-state index in [4.69, 9.17) is 4.42 Å². The van der Waals surface area contributed by atoms with Crippen molar-refractivity contribution in [3.05, 3.63) is 47.9 Å². The summed E-state index contributed by atoms with van der Waals surface area (Å²) in [5.74, 6) is -0.614. The molecular formula is C15H13N3O3. The van der Waals surface area contributed by atoms with Gasteiger partial charge in [-0.25, -0.2) is 9.78 Å². The number of carboxylic acids is 1. The number of hydrogen-bond acceptors (Lipinski definition) is 4. The summed E-state index contributed by atoms with van der Waals surface area (Å²) in [4.78, 5) is 15.5. The highest BCUT2D eigenvalue weighted by molar-refractivity contribution is 5.93. The Kier molecular flexibility index (Phi) is 3.06. The SMILES string of the molecule is Cc1nn(C)cc1-c1oc(-c2ccccc2)nc1C(=O)O. The number of benzene rings is 1. The Morgan fingerprint density at radius 2 is 2.00 bits per heavy atom. The van der Waals surface area contributed by atoms with Gasteiger partial charge in [0.1, 0.15) is 0 Å². The third-order valence-electron chi connectivity index (χ3n) is 3.11. The Morgan fingerprint density at radius 1 is 1.29 bits per heavy atom. The van der Waals surface area contributed by atoms with Crippen LogP contribution in [0.3, 0.4) is 0 Å². The van der Waals surface area contributed by atoms with Crippen molar-refractivity contribution in [2.45, 2.75) is 6.92 Å². The molecule has 3 aromatic rings. The molecule has 0 aliphatic carbocycles. The van der Waals surface area contributed by atoms with Gasteiger partial charge in [-0.3, -0.25) is 4.68 Å². The van der Waals surface area contributed by atoms with Gasteiger partial charge in [0.15, 0.2) is 11.5 Å². The molecule has 0 saturated heterocycles. The Hall–Kier alpha value is -2.89. The third kappa shape index (κ3) is 2.31. The molecule has 0 atom stereocenters. The molecule has 0 saturated carbocycles. The maximum atomic E-state index is 11.4. The quantitative estimate of drug-likeness (QED) is 0.799. The number of aromatic carboxylic acids is 1. The number of aryl methyl sites for hydroxylation is 2. The van der Waals surface area contributed by atoms with Crippen LogP contribution in [-0.4, -0.2) is 25.8 Å². The molecule has 0 aliphatic rings. The summed E-state index contributed by atoms with van der Waals surface area (Å²) < 4.78 is 7.31. The predicted molar refractivity (Wildman–Crippen MR) is 75.8 cm³/mol. The van der Waals surface area contributed by atoms with E-state index in [0.717, 1.165) is 5.56 Å². The minimum atomic E-state index is -1.13. The number of rotatable bonds is 3. The van der Waals surface area contributed by atoms with E-state index < -0.39 is 5.97 Å². The average Bonchev–Trinajstić information content (AvgIpc) is 3.03. The molecule has 2 aromatic heterocycles. The van der Waals surface area contributed by atoms with Crippen molar-refractivity contribution in [3.63, 3.8) is 0 Å². The third-order valence-corrected chi connectivity index (χ3v) is 3.11. The standard InChI is InChI=1S/C15H13N3O3/c1-9-11(8-18(2)17-9)13-12(15(19)20)16-14(21-13)10-6-4-3-5-7-10/h3-8H,1-2H3,(H,19,20). The van der Waals surface area contributed by atoms with E-state index >= 15 is 0 Å². The van der Waals surface area contributed by atoms with Crippen molar-refractivity contribution >= 4 is 5.97 Å². The van der Waals surface area contributed by atoms with E-state index in [0.29, 0.717) is 11.3 Å². The molecule has 21 heavy (non-hydrogen) atoms. The van der Waals surface area contributed by atoms with Crippen molar-refractivity contribution < 1.29 is 14.3 Å². The second-order valence-electron chi connectivity index (χ2n) is 4.67. The second-order valence-corrected chi connectivity index (χ2v) is 4.67. The Labute approximate surface area is 120 Å². The molecule has 0 aliphatic heterocycles. The fourth-order valence-corrected chi connectivity index (χ4v) is 2.17. The zero-order valence-corrected chi connectivity index (χ0v) is 11.6. The normalized spacial score (nSPS) is 10.8. The molecule has 3 rings (SSSR count). The lowest BCUT2D eigenvalue weighted by atomic mass is 10.2. The monoisotopic (exact) mass is 283 g/mol. The minimum absolute atomic E-state index is 0.107. The molecule has 2 heterocycles. The van der Waals surface area contributed by atoms with Crippen LogP contribution in [0.2, 0.25) is 0 Å². The highest BCUT2D eigenvalue weighted by Crippen LogP contribution is 2.31. The molecule has 0 spiro atoms. The molecule has 0 bridgehead atoms. The van der Waals surface area contributed by atoms with E-state index in [1.807, 2.05) is 30.3 Å².